The SMILES string of the molecule is CCCc1ccc(C#CC(F)=C(F)c2ccc(OCc3ccc(C)cc3)cc2)cc1. The van der Waals surface area contributed by atoms with Crippen LogP contribution in [0.2, 0.25) is 0 Å². The highest BCUT2D eigenvalue weighted by atomic mass is 19.2. The van der Waals surface area contributed by atoms with Gasteiger partial charge in [-0.1, -0.05) is 61.2 Å². The molecule has 0 saturated carbocycles. The molecule has 0 aromatic heterocycles. The summed E-state index contributed by atoms with van der Waals surface area (Å²) in [6.07, 6.45) is 2.05. The lowest BCUT2D eigenvalue weighted by molar-refractivity contribution is 0.306. The molecule has 0 spiro atoms. The topological polar surface area (TPSA) is 9.23 Å². The largest absolute Gasteiger partial charge is 0.489 e. The van der Waals surface area contributed by atoms with Gasteiger partial charge in [0, 0.05) is 11.1 Å². The highest BCUT2D eigenvalue weighted by molar-refractivity contribution is 5.65. The Balaban J connectivity index is 1.64. The number of aryl methyl sites for hydroxylation is 2. The fourth-order valence-electron chi connectivity index (χ4n) is 2.90. The van der Waals surface area contributed by atoms with Crippen LogP contribution in [0.3, 0.4) is 0 Å². The minimum atomic E-state index is -1.08. The summed E-state index contributed by atoms with van der Waals surface area (Å²) >= 11 is 0. The van der Waals surface area contributed by atoms with E-state index >= 15 is 0 Å². The Hall–Kier alpha value is -3.38. The van der Waals surface area contributed by atoms with Crippen molar-refractivity contribution in [3.8, 4) is 17.6 Å². The molecular weight excluding hydrogens is 378 g/mol. The van der Waals surface area contributed by atoms with Crippen molar-refractivity contribution < 1.29 is 13.5 Å². The zero-order valence-corrected chi connectivity index (χ0v) is 17.2. The van der Waals surface area contributed by atoms with Gasteiger partial charge in [-0.2, -0.15) is 4.39 Å². The zero-order chi connectivity index (χ0) is 21.3. The van der Waals surface area contributed by atoms with Crippen LogP contribution in [0.25, 0.3) is 5.83 Å². The van der Waals surface area contributed by atoms with E-state index in [1.54, 1.807) is 12.1 Å². The van der Waals surface area contributed by atoms with E-state index in [0.29, 0.717) is 17.9 Å². The minimum Gasteiger partial charge on any atom is -0.489 e. The van der Waals surface area contributed by atoms with E-state index in [-0.39, 0.29) is 5.56 Å². The van der Waals surface area contributed by atoms with Crippen LogP contribution in [0.1, 0.15) is 41.2 Å². The molecule has 3 aromatic carbocycles. The summed E-state index contributed by atoms with van der Waals surface area (Å²) in [5.74, 6) is 3.47. The van der Waals surface area contributed by atoms with Gasteiger partial charge in [-0.3, -0.25) is 0 Å². The summed E-state index contributed by atoms with van der Waals surface area (Å²) < 4.78 is 34.2. The second kappa shape index (κ2) is 10.4. The molecule has 152 valence electrons. The molecule has 0 amide bonds. The van der Waals surface area contributed by atoms with Crippen molar-refractivity contribution in [2.75, 3.05) is 0 Å². The molecule has 0 radical (unpaired) electrons. The quantitative estimate of drug-likeness (QED) is 0.397. The van der Waals surface area contributed by atoms with Gasteiger partial charge in [0.1, 0.15) is 12.4 Å². The minimum absolute atomic E-state index is 0.128. The molecule has 30 heavy (non-hydrogen) atoms. The smallest absolute Gasteiger partial charge is 0.209 e. The molecule has 0 aliphatic rings. The van der Waals surface area contributed by atoms with Gasteiger partial charge in [0.2, 0.25) is 5.83 Å². The first-order valence-corrected chi connectivity index (χ1v) is 10.00. The summed E-state index contributed by atoms with van der Waals surface area (Å²) in [5.41, 5.74) is 4.21. The van der Waals surface area contributed by atoms with Gasteiger partial charge in [0.15, 0.2) is 5.83 Å². The number of benzene rings is 3. The van der Waals surface area contributed by atoms with Crippen molar-refractivity contribution in [2.24, 2.45) is 0 Å². The maximum Gasteiger partial charge on any atom is 0.209 e. The van der Waals surface area contributed by atoms with E-state index in [2.05, 4.69) is 18.8 Å². The van der Waals surface area contributed by atoms with Crippen molar-refractivity contribution >= 4 is 5.83 Å². The number of allylic oxidation sites excluding steroid dienone is 1. The zero-order valence-electron chi connectivity index (χ0n) is 17.2. The molecule has 0 atom stereocenters. The van der Waals surface area contributed by atoms with Crippen LogP contribution in [0.15, 0.2) is 78.6 Å². The normalized spacial score (nSPS) is 11.3. The van der Waals surface area contributed by atoms with E-state index in [1.165, 1.54) is 23.3 Å². The summed E-state index contributed by atoms with van der Waals surface area (Å²) in [6.45, 7) is 4.55. The summed E-state index contributed by atoms with van der Waals surface area (Å²) in [5, 5.41) is 0. The molecular formula is C27H24F2O. The Labute approximate surface area is 177 Å². The number of rotatable bonds is 6. The maximum atomic E-state index is 14.4. The van der Waals surface area contributed by atoms with E-state index < -0.39 is 11.7 Å². The van der Waals surface area contributed by atoms with E-state index in [9.17, 15) is 8.78 Å². The van der Waals surface area contributed by atoms with E-state index in [4.69, 9.17) is 4.74 Å². The van der Waals surface area contributed by atoms with Crippen molar-refractivity contribution in [1.29, 1.82) is 0 Å². The lowest BCUT2D eigenvalue weighted by Crippen LogP contribution is -1.95. The molecule has 0 aliphatic carbocycles. The van der Waals surface area contributed by atoms with Gasteiger partial charge >= 0.3 is 0 Å². The molecule has 0 aliphatic heterocycles. The van der Waals surface area contributed by atoms with Crippen LogP contribution in [-0.2, 0) is 13.0 Å². The van der Waals surface area contributed by atoms with Crippen LogP contribution in [-0.4, -0.2) is 0 Å². The number of ether oxygens (including phenoxy) is 1. The Morgan fingerprint density at radius 2 is 1.47 bits per heavy atom. The molecule has 3 rings (SSSR count). The standard InChI is InChI=1S/C27H24F2O/c1-3-4-21-9-11-22(12-10-21)13-18-26(28)27(29)24-14-16-25(17-15-24)30-19-23-7-5-20(2)6-8-23/h5-12,14-17H,3-4,19H2,1-2H3. The Bertz CT molecular complexity index is 1050. The first-order valence-electron chi connectivity index (χ1n) is 10.00. The van der Waals surface area contributed by atoms with Crippen LogP contribution in [0, 0.1) is 18.8 Å². The van der Waals surface area contributed by atoms with Crippen LogP contribution in [0.5, 0.6) is 5.75 Å². The summed E-state index contributed by atoms with van der Waals surface area (Å²) in [7, 11) is 0. The second-order valence-corrected chi connectivity index (χ2v) is 7.12. The van der Waals surface area contributed by atoms with Crippen LogP contribution >= 0.6 is 0 Å². The average molecular weight is 402 g/mol. The second-order valence-electron chi connectivity index (χ2n) is 7.12. The lowest BCUT2D eigenvalue weighted by atomic mass is 10.1. The molecule has 0 saturated heterocycles. The molecule has 0 bridgehead atoms. The van der Waals surface area contributed by atoms with E-state index in [1.807, 2.05) is 55.5 Å². The molecule has 0 fully saturated rings. The van der Waals surface area contributed by atoms with Gasteiger partial charge in [0.25, 0.3) is 0 Å². The monoisotopic (exact) mass is 402 g/mol. The third-order valence-corrected chi connectivity index (χ3v) is 4.64. The number of halogens is 2. The van der Waals surface area contributed by atoms with Crippen LogP contribution in [0.4, 0.5) is 8.78 Å². The Morgan fingerprint density at radius 1 is 0.833 bits per heavy atom. The molecule has 3 heteroatoms. The molecule has 0 heterocycles. The van der Waals surface area contributed by atoms with Crippen molar-refractivity contribution in [3.63, 3.8) is 0 Å². The molecule has 3 aromatic rings. The first-order chi connectivity index (χ1) is 14.5. The highest BCUT2D eigenvalue weighted by Crippen LogP contribution is 2.24. The Morgan fingerprint density at radius 3 is 2.10 bits per heavy atom. The fraction of sp³-hybridized carbons (Fsp3) is 0.185. The lowest BCUT2D eigenvalue weighted by Gasteiger charge is -2.07. The van der Waals surface area contributed by atoms with Gasteiger partial charge in [-0.15, -0.1) is 0 Å². The summed E-state index contributed by atoms with van der Waals surface area (Å²) in [6, 6.07) is 21.8. The highest BCUT2D eigenvalue weighted by Gasteiger charge is 2.07. The van der Waals surface area contributed by atoms with Crippen molar-refractivity contribution in [1.82, 2.24) is 0 Å². The van der Waals surface area contributed by atoms with E-state index in [0.717, 1.165) is 18.4 Å². The number of hydrogen-bond donors (Lipinski definition) is 0. The number of hydrogen-bond acceptors (Lipinski definition) is 1. The molecule has 0 N–H and O–H groups in total. The summed E-state index contributed by atoms with van der Waals surface area (Å²) in [4.78, 5) is 0. The first kappa shape index (κ1) is 21.3. The van der Waals surface area contributed by atoms with Gasteiger partial charge < -0.3 is 4.74 Å². The predicted molar refractivity (Wildman–Crippen MR) is 118 cm³/mol. The van der Waals surface area contributed by atoms with Gasteiger partial charge in [-0.25, -0.2) is 4.39 Å². The maximum absolute atomic E-state index is 14.4. The van der Waals surface area contributed by atoms with Crippen molar-refractivity contribution in [2.45, 2.75) is 33.3 Å². The predicted octanol–water partition coefficient (Wildman–Crippen LogP) is 7.19. The Kier molecular flexibility index (Phi) is 7.40. The van der Waals surface area contributed by atoms with Crippen molar-refractivity contribution in [3.05, 3.63) is 106 Å². The van der Waals surface area contributed by atoms with Gasteiger partial charge in [-0.05, 0) is 66.8 Å². The average Bonchev–Trinajstić information content (AvgIpc) is 2.78. The van der Waals surface area contributed by atoms with Gasteiger partial charge in [0.05, 0.1) is 0 Å². The fourth-order valence-corrected chi connectivity index (χ4v) is 2.90. The third-order valence-electron chi connectivity index (χ3n) is 4.64. The third kappa shape index (κ3) is 6.06. The van der Waals surface area contributed by atoms with Crippen LogP contribution < -0.4 is 4.74 Å². The molecule has 1 nitrogen and oxygen atoms in total. The molecule has 0 unspecified atom stereocenters.